The highest BCUT2D eigenvalue weighted by molar-refractivity contribution is 9.10. The normalized spacial score (nSPS) is 18.1. The molecule has 1 atom stereocenters. The van der Waals surface area contributed by atoms with Gasteiger partial charge in [0.05, 0.1) is 21.8 Å². The van der Waals surface area contributed by atoms with Crippen LogP contribution >= 0.6 is 27.5 Å². The highest BCUT2D eigenvalue weighted by atomic mass is 79.9. The number of H-pyrrole nitrogens is 1. The number of ether oxygens (including phenoxy) is 1. The lowest BCUT2D eigenvalue weighted by Gasteiger charge is -2.08. The molecule has 2 aromatic rings. The molecule has 3 nitrogen and oxygen atoms in total. The molecule has 1 aliphatic rings. The number of rotatable bonds is 2. The van der Waals surface area contributed by atoms with Crippen molar-refractivity contribution in [2.75, 3.05) is 0 Å². The van der Waals surface area contributed by atoms with Crippen molar-refractivity contribution in [3.63, 3.8) is 0 Å². The van der Waals surface area contributed by atoms with Gasteiger partial charge in [0.15, 0.2) is 5.75 Å². The fourth-order valence-electron chi connectivity index (χ4n) is 2.22. The largest absolute Gasteiger partial charge is 0.424 e. The van der Waals surface area contributed by atoms with E-state index < -0.39 is 0 Å². The minimum atomic E-state index is -0.231. The molecule has 0 fully saturated rings. The number of benzene rings is 1. The SMILES string of the molecule is O=C(Oc1c[nH]c2ccc(Br)c(Cl)c12)C1C=CCC1. The summed E-state index contributed by atoms with van der Waals surface area (Å²) in [5.74, 6) is 0.105. The molecule has 1 aliphatic carbocycles. The Kier molecular flexibility index (Phi) is 3.37. The molecule has 0 radical (unpaired) electrons. The number of fused-ring (bicyclic) bond motifs is 1. The van der Waals surface area contributed by atoms with Crippen LogP contribution in [0, 0.1) is 5.92 Å². The van der Waals surface area contributed by atoms with Gasteiger partial charge in [-0.1, -0.05) is 23.8 Å². The minimum absolute atomic E-state index is 0.143. The highest BCUT2D eigenvalue weighted by Gasteiger charge is 2.22. The fourth-order valence-corrected chi connectivity index (χ4v) is 2.81. The molecule has 1 aromatic carbocycles. The number of hydrogen-bond acceptors (Lipinski definition) is 2. The molecule has 98 valence electrons. The van der Waals surface area contributed by atoms with Crippen molar-refractivity contribution in [1.82, 2.24) is 4.98 Å². The second kappa shape index (κ2) is 5.02. The Morgan fingerprint density at radius 2 is 2.32 bits per heavy atom. The summed E-state index contributed by atoms with van der Waals surface area (Å²) in [7, 11) is 0. The summed E-state index contributed by atoms with van der Waals surface area (Å²) in [5, 5.41) is 1.27. The Bertz CT molecular complexity index is 677. The predicted molar refractivity (Wildman–Crippen MR) is 78.5 cm³/mol. The molecule has 1 aromatic heterocycles. The van der Waals surface area contributed by atoms with Crippen LogP contribution in [0.2, 0.25) is 5.02 Å². The Morgan fingerprint density at radius 1 is 1.47 bits per heavy atom. The number of allylic oxidation sites excluding steroid dienone is 1. The van der Waals surface area contributed by atoms with Crippen LogP contribution in [0.1, 0.15) is 12.8 Å². The Balaban J connectivity index is 1.95. The summed E-state index contributed by atoms with van der Waals surface area (Å²) in [6, 6.07) is 3.74. The van der Waals surface area contributed by atoms with Gasteiger partial charge >= 0.3 is 5.97 Å². The molecule has 5 heteroatoms. The van der Waals surface area contributed by atoms with E-state index in [2.05, 4.69) is 20.9 Å². The van der Waals surface area contributed by atoms with Crippen molar-refractivity contribution < 1.29 is 9.53 Å². The maximum absolute atomic E-state index is 12.0. The van der Waals surface area contributed by atoms with Crippen LogP contribution in [0.3, 0.4) is 0 Å². The van der Waals surface area contributed by atoms with Gasteiger partial charge in [0.25, 0.3) is 0 Å². The van der Waals surface area contributed by atoms with E-state index in [-0.39, 0.29) is 11.9 Å². The first-order valence-electron chi connectivity index (χ1n) is 6.00. The lowest BCUT2D eigenvalue weighted by atomic mass is 10.1. The van der Waals surface area contributed by atoms with Crippen LogP contribution in [0.5, 0.6) is 5.75 Å². The number of aromatic nitrogens is 1. The number of hydrogen-bond donors (Lipinski definition) is 1. The first-order valence-corrected chi connectivity index (χ1v) is 7.17. The van der Waals surface area contributed by atoms with Crippen LogP contribution in [-0.2, 0) is 4.79 Å². The van der Waals surface area contributed by atoms with E-state index in [4.69, 9.17) is 16.3 Å². The monoisotopic (exact) mass is 339 g/mol. The standard InChI is InChI=1S/C14H11BrClNO2/c15-9-5-6-10-12(13(9)16)11(7-17-10)19-14(18)8-3-1-2-4-8/h1,3,5-8,17H,2,4H2. The zero-order chi connectivity index (χ0) is 13.4. The van der Waals surface area contributed by atoms with Gasteiger partial charge in [-0.15, -0.1) is 0 Å². The molecular formula is C14H11BrClNO2. The maximum Gasteiger partial charge on any atom is 0.318 e. The van der Waals surface area contributed by atoms with Gasteiger partial charge in [-0.05, 0) is 40.9 Å². The molecule has 0 bridgehead atoms. The van der Waals surface area contributed by atoms with Crippen LogP contribution < -0.4 is 4.74 Å². The number of esters is 1. The molecule has 0 aliphatic heterocycles. The summed E-state index contributed by atoms with van der Waals surface area (Å²) in [6.45, 7) is 0. The Morgan fingerprint density at radius 3 is 3.05 bits per heavy atom. The van der Waals surface area contributed by atoms with Crippen LogP contribution in [-0.4, -0.2) is 11.0 Å². The molecule has 0 saturated heterocycles. The third-order valence-corrected chi connectivity index (χ3v) is 4.51. The van der Waals surface area contributed by atoms with E-state index in [9.17, 15) is 4.79 Å². The zero-order valence-electron chi connectivity index (χ0n) is 9.95. The van der Waals surface area contributed by atoms with Crippen molar-refractivity contribution in [3.8, 4) is 5.75 Å². The van der Waals surface area contributed by atoms with Crippen LogP contribution in [0.15, 0.2) is 35.0 Å². The summed E-state index contributed by atoms with van der Waals surface area (Å²) in [5.41, 5.74) is 0.845. The number of halogens is 2. The van der Waals surface area contributed by atoms with Crippen molar-refractivity contribution in [2.24, 2.45) is 5.92 Å². The van der Waals surface area contributed by atoms with Gasteiger partial charge in [-0.25, -0.2) is 0 Å². The number of aromatic amines is 1. The quantitative estimate of drug-likeness (QED) is 0.648. The zero-order valence-corrected chi connectivity index (χ0v) is 12.3. The molecule has 0 saturated carbocycles. The molecule has 1 unspecified atom stereocenters. The summed E-state index contributed by atoms with van der Waals surface area (Å²) >= 11 is 9.61. The molecule has 19 heavy (non-hydrogen) atoms. The topological polar surface area (TPSA) is 42.1 Å². The van der Waals surface area contributed by atoms with Crippen LogP contribution in [0.4, 0.5) is 0 Å². The van der Waals surface area contributed by atoms with E-state index in [1.54, 1.807) is 6.20 Å². The van der Waals surface area contributed by atoms with Crippen LogP contribution in [0.25, 0.3) is 10.9 Å². The number of carbonyl (C=O) groups excluding carboxylic acids is 1. The third-order valence-electron chi connectivity index (χ3n) is 3.23. The highest BCUT2D eigenvalue weighted by Crippen LogP contribution is 2.37. The third kappa shape index (κ3) is 2.30. The van der Waals surface area contributed by atoms with Gasteiger partial charge in [0.1, 0.15) is 0 Å². The molecule has 1 heterocycles. The van der Waals surface area contributed by atoms with Gasteiger partial charge in [0, 0.05) is 10.7 Å². The van der Waals surface area contributed by atoms with E-state index in [1.807, 2.05) is 24.3 Å². The van der Waals surface area contributed by atoms with Gasteiger partial charge in [-0.3, -0.25) is 4.79 Å². The lowest BCUT2D eigenvalue weighted by Crippen LogP contribution is -2.16. The van der Waals surface area contributed by atoms with Crippen molar-refractivity contribution in [1.29, 1.82) is 0 Å². The smallest absolute Gasteiger partial charge is 0.318 e. The maximum atomic E-state index is 12.0. The average Bonchev–Trinajstić information content (AvgIpc) is 3.03. The van der Waals surface area contributed by atoms with E-state index in [0.717, 1.165) is 28.2 Å². The molecule has 0 spiro atoms. The Labute approximate surface area is 123 Å². The number of nitrogens with one attached hydrogen (secondary N) is 1. The van der Waals surface area contributed by atoms with E-state index in [0.29, 0.717) is 10.8 Å². The van der Waals surface area contributed by atoms with Crippen molar-refractivity contribution >= 4 is 44.4 Å². The van der Waals surface area contributed by atoms with Crippen molar-refractivity contribution in [2.45, 2.75) is 12.8 Å². The van der Waals surface area contributed by atoms with Gasteiger partial charge < -0.3 is 9.72 Å². The molecular weight excluding hydrogens is 330 g/mol. The molecule has 3 rings (SSSR count). The van der Waals surface area contributed by atoms with E-state index in [1.165, 1.54) is 0 Å². The Hall–Kier alpha value is -1.26. The summed E-state index contributed by atoms with van der Waals surface area (Å²) < 4.78 is 6.24. The lowest BCUT2D eigenvalue weighted by molar-refractivity contribution is -0.137. The predicted octanol–water partition coefficient (Wildman–Crippen LogP) is 4.46. The second-order valence-corrected chi connectivity index (χ2v) is 5.70. The van der Waals surface area contributed by atoms with Crippen molar-refractivity contribution in [3.05, 3.63) is 40.0 Å². The fraction of sp³-hybridized carbons (Fsp3) is 0.214. The first kappa shape index (κ1) is 12.8. The van der Waals surface area contributed by atoms with E-state index >= 15 is 0 Å². The minimum Gasteiger partial charge on any atom is -0.424 e. The second-order valence-electron chi connectivity index (χ2n) is 4.47. The average molecular weight is 341 g/mol. The summed E-state index contributed by atoms with van der Waals surface area (Å²) in [6.07, 6.45) is 7.32. The molecule has 1 N–H and O–H groups in total. The molecule has 0 amide bonds. The number of carbonyl (C=O) groups is 1. The van der Waals surface area contributed by atoms with Gasteiger partial charge in [-0.2, -0.15) is 0 Å². The van der Waals surface area contributed by atoms with Gasteiger partial charge in [0.2, 0.25) is 0 Å². The first-order chi connectivity index (χ1) is 9.16. The summed E-state index contributed by atoms with van der Waals surface area (Å²) in [4.78, 5) is 15.1.